The van der Waals surface area contributed by atoms with Crippen molar-refractivity contribution < 1.29 is 0 Å². The van der Waals surface area contributed by atoms with Gasteiger partial charge in [0.05, 0.1) is 5.56 Å². The van der Waals surface area contributed by atoms with Crippen molar-refractivity contribution in [2.45, 2.75) is 20.3 Å². The first-order chi connectivity index (χ1) is 7.63. The van der Waals surface area contributed by atoms with E-state index in [0.29, 0.717) is 0 Å². The first kappa shape index (κ1) is 10.7. The quantitative estimate of drug-likeness (QED) is 0.821. The summed E-state index contributed by atoms with van der Waals surface area (Å²) in [6, 6.07) is 8.06. The molecule has 0 amide bonds. The van der Waals surface area contributed by atoms with Crippen LogP contribution in [0.25, 0.3) is 11.1 Å². The molecule has 3 nitrogen and oxygen atoms in total. The summed E-state index contributed by atoms with van der Waals surface area (Å²) < 4.78 is 1.54. The Morgan fingerprint density at radius 1 is 1.25 bits per heavy atom. The van der Waals surface area contributed by atoms with Crippen LogP contribution in [0.1, 0.15) is 18.2 Å². The Morgan fingerprint density at radius 2 is 1.88 bits per heavy atom. The number of aromatic amines is 1. The molecule has 0 fully saturated rings. The summed E-state index contributed by atoms with van der Waals surface area (Å²) in [6.45, 7) is 4.09. The molecule has 1 N–H and O–H groups in total. The number of hydrogen-bond donors (Lipinski definition) is 1. The molecule has 3 heteroatoms. The molecule has 2 rings (SSSR count). The first-order valence-corrected chi connectivity index (χ1v) is 5.48. The van der Waals surface area contributed by atoms with Gasteiger partial charge in [-0.05, 0) is 18.9 Å². The highest BCUT2D eigenvalue weighted by Crippen LogP contribution is 2.19. The van der Waals surface area contributed by atoms with E-state index in [9.17, 15) is 4.79 Å². The van der Waals surface area contributed by atoms with E-state index in [1.807, 2.05) is 38.1 Å². The number of rotatable bonds is 2. The predicted molar refractivity (Wildman–Crippen MR) is 65.6 cm³/mol. The maximum atomic E-state index is 12.0. The summed E-state index contributed by atoms with van der Waals surface area (Å²) in [7, 11) is 1.75. The molecule has 2 aromatic rings. The van der Waals surface area contributed by atoms with E-state index in [4.69, 9.17) is 0 Å². The summed E-state index contributed by atoms with van der Waals surface area (Å²) in [6.07, 6.45) is 0.833. The molecule has 0 unspecified atom stereocenters. The van der Waals surface area contributed by atoms with Crippen molar-refractivity contribution in [3.8, 4) is 11.1 Å². The minimum absolute atomic E-state index is 0.0423. The van der Waals surface area contributed by atoms with E-state index in [2.05, 4.69) is 5.10 Å². The van der Waals surface area contributed by atoms with Crippen LogP contribution in [0.2, 0.25) is 0 Å². The van der Waals surface area contributed by atoms with Crippen molar-refractivity contribution in [3.05, 3.63) is 45.9 Å². The number of aromatic nitrogens is 2. The number of hydrogen-bond acceptors (Lipinski definition) is 1. The maximum Gasteiger partial charge on any atom is 0.274 e. The lowest BCUT2D eigenvalue weighted by atomic mass is 10.0. The van der Waals surface area contributed by atoms with Crippen LogP contribution in [0, 0.1) is 6.92 Å². The van der Waals surface area contributed by atoms with Gasteiger partial charge in [0.1, 0.15) is 0 Å². The predicted octanol–water partition coefficient (Wildman–Crippen LogP) is 2.25. The SMILES string of the molecule is CCc1[nH]n(C)c(=O)c1-c1ccc(C)cc1. The Morgan fingerprint density at radius 3 is 2.44 bits per heavy atom. The standard InChI is InChI=1S/C13H16N2O/c1-4-11-12(13(16)15(3)14-11)10-7-5-9(2)6-8-10/h5-8,14H,4H2,1-3H3. The van der Waals surface area contributed by atoms with Gasteiger partial charge in [0.15, 0.2) is 0 Å². The highest BCUT2D eigenvalue weighted by molar-refractivity contribution is 5.65. The highest BCUT2D eigenvalue weighted by atomic mass is 16.1. The number of nitrogens with zero attached hydrogens (tertiary/aromatic N) is 1. The fourth-order valence-corrected chi connectivity index (χ4v) is 1.88. The Balaban J connectivity index is 2.63. The molecule has 1 aromatic heterocycles. The molecule has 0 atom stereocenters. The second-order valence-electron chi connectivity index (χ2n) is 4.05. The highest BCUT2D eigenvalue weighted by Gasteiger charge is 2.12. The number of H-pyrrole nitrogens is 1. The largest absolute Gasteiger partial charge is 0.299 e. The van der Waals surface area contributed by atoms with Gasteiger partial charge < -0.3 is 0 Å². The number of aryl methyl sites for hydroxylation is 3. The van der Waals surface area contributed by atoms with E-state index in [-0.39, 0.29) is 5.56 Å². The van der Waals surface area contributed by atoms with Gasteiger partial charge in [-0.25, -0.2) is 0 Å². The van der Waals surface area contributed by atoms with Gasteiger partial charge in [0.25, 0.3) is 5.56 Å². The van der Waals surface area contributed by atoms with Crippen molar-refractivity contribution in [2.75, 3.05) is 0 Å². The lowest BCUT2D eigenvalue weighted by Gasteiger charge is -2.00. The zero-order valence-corrected chi connectivity index (χ0v) is 9.87. The van der Waals surface area contributed by atoms with Gasteiger partial charge in [-0.3, -0.25) is 14.6 Å². The Hall–Kier alpha value is -1.77. The third kappa shape index (κ3) is 1.69. The summed E-state index contributed by atoms with van der Waals surface area (Å²) in [4.78, 5) is 12.0. The van der Waals surface area contributed by atoms with E-state index in [1.165, 1.54) is 10.2 Å². The van der Waals surface area contributed by atoms with Gasteiger partial charge in [0.2, 0.25) is 0 Å². The molecule has 0 aliphatic heterocycles. The third-order valence-corrected chi connectivity index (χ3v) is 2.82. The molecule has 0 saturated heterocycles. The molecule has 1 aromatic carbocycles. The zero-order chi connectivity index (χ0) is 11.7. The monoisotopic (exact) mass is 216 g/mol. The van der Waals surface area contributed by atoms with Gasteiger partial charge in [-0.2, -0.15) is 0 Å². The molecule has 84 valence electrons. The van der Waals surface area contributed by atoms with E-state index in [0.717, 1.165) is 23.2 Å². The summed E-state index contributed by atoms with van der Waals surface area (Å²) in [5, 5.41) is 3.08. The lowest BCUT2D eigenvalue weighted by Crippen LogP contribution is -2.13. The van der Waals surface area contributed by atoms with Crippen molar-refractivity contribution >= 4 is 0 Å². The fraction of sp³-hybridized carbons (Fsp3) is 0.308. The molecular formula is C13H16N2O. The van der Waals surface area contributed by atoms with Crippen LogP contribution < -0.4 is 5.56 Å². The Kier molecular flexibility index (Phi) is 2.69. The summed E-state index contributed by atoms with van der Waals surface area (Å²) in [5.41, 5.74) is 4.03. The topological polar surface area (TPSA) is 37.8 Å². The first-order valence-electron chi connectivity index (χ1n) is 5.48. The van der Waals surface area contributed by atoms with Crippen molar-refractivity contribution in [2.24, 2.45) is 7.05 Å². The lowest BCUT2D eigenvalue weighted by molar-refractivity contribution is 0.723. The molecule has 0 saturated carbocycles. The van der Waals surface area contributed by atoms with Crippen LogP contribution in [-0.4, -0.2) is 9.78 Å². The van der Waals surface area contributed by atoms with Gasteiger partial charge in [0, 0.05) is 12.7 Å². The normalized spacial score (nSPS) is 10.7. The average Bonchev–Trinajstić information content (AvgIpc) is 2.57. The van der Waals surface area contributed by atoms with Crippen LogP contribution in [0.15, 0.2) is 29.1 Å². The Labute approximate surface area is 94.7 Å². The molecule has 0 aliphatic rings. The van der Waals surface area contributed by atoms with E-state index in [1.54, 1.807) is 7.05 Å². The molecule has 0 aliphatic carbocycles. The number of nitrogens with one attached hydrogen (secondary N) is 1. The van der Waals surface area contributed by atoms with Crippen LogP contribution in [0.4, 0.5) is 0 Å². The van der Waals surface area contributed by atoms with Crippen LogP contribution in [-0.2, 0) is 13.5 Å². The molecule has 0 spiro atoms. The molecular weight excluding hydrogens is 200 g/mol. The van der Waals surface area contributed by atoms with E-state index >= 15 is 0 Å². The molecule has 16 heavy (non-hydrogen) atoms. The molecule has 0 bridgehead atoms. The van der Waals surface area contributed by atoms with Crippen molar-refractivity contribution in [1.82, 2.24) is 9.78 Å². The van der Waals surface area contributed by atoms with Gasteiger partial charge in [-0.15, -0.1) is 0 Å². The maximum absolute atomic E-state index is 12.0. The zero-order valence-electron chi connectivity index (χ0n) is 9.87. The van der Waals surface area contributed by atoms with Crippen LogP contribution >= 0.6 is 0 Å². The van der Waals surface area contributed by atoms with Crippen LogP contribution in [0.3, 0.4) is 0 Å². The minimum atomic E-state index is 0.0423. The average molecular weight is 216 g/mol. The van der Waals surface area contributed by atoms with Crippen LogP contribution in [0.5, 0.6) is 0 Å². The summed E-state index contributed by atoms with van der Waals surface area (Å²) in [5.74, 6) is 0. The molecule has 0 radical (unpaired) electrons. The van der Waals surface area contributed by atoms with Crippen molar-refractivity contribution in [1.29, 1.82) is 0 Å². The minimum Gasteiger partial charge on any atom is -0.299 e. The van der Waals surface area contributed by atoms with Crippen molar-refractivity contribution in [3.63, 3.8) is 0 Å². The van der Waals surface area contributed by atoms with Gasteiger partial charge in [-0.1, -0.05) is 36.8 Å². The molecule has 1 heterocycles. The third-order valence-electron chi connectivity index (χ3n) is 2.82. The smallest absolute Gasteiger partial charge is 0.274 e. The number of benzene rings is 1. The fourth-order valence-electron chi connectivity index (χ4n) is 1.88. The van der Waals surface area contributed by atoms with Gasteiger partial charge >= 0.3 is 0 Å². The Bertz CT molecular complexity index is 546. The second kappa shape index (κ2) is 4.00. The summed E-state index contributed by atoms with van der Waals surface area (Å²) >= 11 is 0. The van der Waals surface area contributed by atoms with E-state index < -0.39 is 0 Å². The second-order valence-corrected chi connectivity index (χ2v) is 4.05.